The number of aromatic nitrogens is 3. The number of nitrogens with zero attached hydrogens (tertiary/aromatic N) is 4. The highest BCUT2D eigenvalue weighted by molar-refractivity contribution is 5.90. The van der Waals surface area contributed by atoms with Gasteiger partial charge in [-0.1, -0.05) is 42.3 Å². The van der Waals surface area contributed by atoms with Crippen LogP contribution in [0.2, 0.25) is 0 Å². The molecule has 2 atom stereocenters. The van der Waals surface area contributed by atoms with E-state index in [1.165, 1.54) is 0 Å². The molecule has 0 radical (unpaired) electrons. The molecule has 2 unspecified atom stereocenters. The lowest BCUT2D eigenvalue weighted by Gasteiger charge is -2.34. The lowest BCUT2D eigenvalue weighted by Crippen LogP contribution is -2.49. The van der Waals surface area contributed by atoms with Crippen LogP contribution >= 0.6 is 0 Å². The largest absolute Gasteiger partial charge is 0.493 e. The number of para-hydroxylation sites is 2. The normalized spacial score (nSPS) is 18.4. The van der Waals surface area contributed by atoms with Crippen molar-refractivity contribution in [1.29, 1.82) is 0 Å². The van der Waals surface area contributed by atoms with Crippen molar-refractivity contribution < 1.29 is 23.8 Å². The number of amides is 2. The van der Waals surface area contributed by atoms with Gasteiger partial charge in [-0.2, -0.15) is 0 Å². The number of benzene rings is 2. The SMILES string of the molecule is COc1cccc(C(C(=O)NC2CCCC2)N(CC2CCCO2)C(=O)Cn2nnc3ccccc32)c1OC. The molecule has 10 heteroatoms. The summed E-state index contributed by atoms with van der Waals surface area (Å²) in [6, 6.07) is 12.1. The van der Waals surface area contributed by atoms with Crippen LogP contribution in [0.15, 0.2) is 42.5 Å². The van der Waals surface area contributed by atoms with Crippen molar-refractivity contribution in [2.75, 3.05) is 27.4 Å². The van der Waals surface area contributed by atoms with Crippen LogP contribution < -0.4 is 14.8 Å². The van der Waals surface area contributed by atoms with Gasteiger partial charge in [0, 0.05) is 24.8 Å². The van der Waals surface area contributed by atoms with E-state index in [4.69, 9.17) is 14.2 Å². The predicted molar refractivity (Wildman–Crippen MR) is 141 cm³/mol. The molecule has 2 amide bonds. The maximum absolute atomic E-state index is 14.1. The summed E-state index contributed by atoms with van der Waals surface area (Å²) in [5.74, 6) is 0.430. The smallest absolute Gasteiger partial charge is 0.247 e. The number of rotatable bonds is 10. The van der Waals surface area contributed by atoms with Gasteiger partial charge in [0.1, 0.15) is 18.1 Å². The van der Waals surface area contributed by atoms with Gasteiger partial charge >= 0.3 is 0 Å². The van der Waals surface area contributed by atoms with E-state index in [0.29, 0.717) is 29.2 Å². The number of hydrogen-bond donors (Lipinski definition) is 1. The molecule has 2 fully saturated rings. The zero-order valence-corrected chi connectivity index (χ0v) is 22.0. The number of carbonyl (C=O) groups excluding carboxylic acids is 2. The molecule has 10 nitrogen and oxygen atoms in total. The second kappa shape index (κ2) is 11.8. The molecule has 2 heterocycles. The molecule has 202 valence electrons. The van der Waals surface area contributed by atoms with Gasteiger partial charge in [-0.05, 0) is 43.9 Å². The molecule has 0 bridgehead atoms. The Hall–Kier alpha value is -3.66. The van der Waals surface area contributed by atoms with E-state index < -0.39 is 6.04 Å². The number of carbonyl (C=O) groups is 2. The summed E-state index contributed by atoms with van der Waals surface area (Å²) in [6.07, 6.45) is 5.59. The molecule has 0 spiro atoms. The van der Waals surface area contributed by atoms with Gasteiger partial charge in [0.2, 0.25) is 11.8 Å². The topological polar surface area (TPSA) is 108 Å². The molecule has 1 aliphatic heterocycles. The van der Waals surface area contributed by atoms with Crippen LogP contribution in [0.1, 0.15) is 50.1 Å². The Morgan fingerprint density at radius 2 is 1.89 bits per heavy atom. The minimum atomic E-state index is -0.938. The molecule has 3 aromatic rings. The monoisotopic (exact) mass is 521 g/mol. The molecule has 1 saturated carbocycles. The van der Waals surface area contributed by atoms with E-state index in [-0.39, 0.29) is 37.0 Å². The predicted octanol–water partition coefficient (Wildman–Crippen LogP) is 3.26. The van der Waals surface area contributed by atoms with Gasteiger partial charge in [-0.25, -0.2) is 4.68 Å². The maximum atomic E-state index is 14.1. The first-order valence-electron chi connectivity index (χ1n) is 13.3. The van der Waals surface area contributed by atoms with E-state index in [0.717, 1.165) is 44.0 Å². The van der Waals surface area contributed by atoms with Crippen molar-refractivity contribution in [3.8, 4) is 11.5 Å². The summed E-state index contributed by atoms with van der Waals surface area (Å²) in [5, 5.41) is 11.6. The highest BCUT2D eigenvalue weighted by Crippen LogP contribution is 2.38. The third-order valence-electron chi connectivity index (χ3n) is 7.44. The summed E-state index contributed by atoms with van der Waals surface area (Å²) in [7, 11) is 3.10. The van der Waals surface area contributed by atoms with Crippen LogP contribution in [0.3, 0.4) is 0 Å². The fraction of sp³-hybridized carbons (Fsp3) is 0.500. The molecule has 1 saturated heterocycles. The first-order valence-corrected chi connectivity index (χ1v) is 13.3. The van der Waals surface area contributed by atoms with Gasteiger partial charge in [-0.15, -0.1) is 5.10 Å². The average Bonchev–Trinajstić information content (AvgIpc) is 3.71. The quantitative estimate of drug-likeness (QED) is 0.436. The number of hydrogen-bond acceptors (Lipinski definition) is 7. The van der Waals surface area contributed by atoms with E-state index in [9.17, 15) is 9.59 Å². The zero-order valence-electron chi connectivity index (χ0n) is 22.0. The van der Waals surface area contributed by atoms with Crippen molar-refractivity contribution in [2.24, 2.45) is 0 Å². The number of ether oxygens (including phenoxy) is 3. The third-order valence-corrected chi connectivity index (χ3v) is 7.44. The highest BCUT2D eigenvalue weighted by Gasteiger charge is 2.38. The molecule has 38 heavy (non-hydrogen) atoms. The second-order valence-electron chi connectivity index (χ2n) is 9.89. The number of methoxy groups -OCH3 is 2. The highest BCUT2D eigenvalue weighted by atomic mass is 16.5. The Labute approximate surface area is 222 Å². The van der Waals surface area contributed by atoms with Crippen LogP contribution in [0.25, 0.3) is 11.0 Å². The first kappa shape index (κ1) is 26.0. The van der Waals surface area contributed by atoms with Crippen molar-refractivity contribution in [3.63, 3.8) is 0 Å². The van der Waals surface area contributed by atoms with Crippen LogP contribution in [0, 0.1) is 0 Å². The van der Waals surface area contributed by atoms with Crippen molar-refractivity contribution in [2.45, 2.75) is 63.3 Å². The summed E-state index contributed by atoms with van der Waals surface area (Å²) < 4.78 is 18.8. The standard InChI is InChI=1S/C28H35N5O5/c1-36-24-15-7-12-21(27(24)37-2)26(28(35)29-19-9-3-4-10-19)32(17-20-11-8-16-38-20)25(34)18-33-23-14-6-5-13-22(23)30-31-33/h5-7,12-15,19-20,26H,3-4,8-11,16-18H2,1-2H3,(H,29,35). The molecule has 2 aliphatic rings. The van der Waals surface area contributed by atoms with Gasteiger partial charge in [0.05, 0.1) is 25.8 Å². The Bertz CT molecular complexity index is 1270. The Kier molecular flexibility index (Phi) is 8.07. The lowest BCUT2D eigenvalue weighted by atomic mass is 10.0. The molecule has 2 aromatic carbocycles. The second-order valence-corrected chi connectivity index (χ2v) is 9.89. The summed E-state index contributed by atoms with van der Waals surface area (Å²) in [6.45, 7) is 0.850. The third kappa shape index (κ3) is 5.45. The van der Waals surface area contributed by atoms with Crippen molar-refractivity contribution in [3.05, 3.63) is 48.0 Å². The van der Waals surface area contributed by atoms with Gasteiger partial charge < -0.3 is 24.4 Å². The molecule has 1 N–H and O–H groups in total. The molecule has 1 aromatic heterocycles. The molecule has 5 rings (SSSR count). The van der Waals surface area contributed by atoms with Crippen LogP contribution in [-0.4, -0.2) is 71.2 Å². The maximum Gasteiger partial charge on any atom is 0.247 e. The lowest BCUT2D eigenvalue weighted by molar-refractivity contribution is -0.143. The Balaban J connectivity index is 1.54. The molecular formula is C28H35N5O5. The minimum absolute atomic E-state index is 0.0628. The number of fused-ring (bicyclic) bond motifs is 1. The van der Waals surface area contributed by atoms with E-state index in [2.05, 4.69) is 15.6 Å². The summed E-state index contributed by atoms with van der Waals surface area (Å²) >= 11 is 0. The van der Waals surface area contributed by atoms with Crippen LogP contribution in [-0.2, 0) is 20.9 Å². The summed E-state index contributed by atoms with van der Waals surface area (Å²) in [5.41, 5.74) is 2.02. The fourth-order valence-electron chi connectivity index (χ4n) is 5.54. The Morgan fingerprint density at radius 3 is 2.63 bits per heavy atom. The van der Waals surface area contributed by atoms with E-state index in [1.54, 1.807) is 29.9 Å². The van der Waals surface area contributed by atoms with E-state index in [1.807, 2.05) is 36.4 Å². The average molecular weight is 522 g/mol. The molecule has 1 aliphatic carbocycles. The summed E-state index contributed by atoms with van der Waals surface area (Å²) in [4.78, 5) is 29.7. The Morgan fingerprint density at radius 1 is 1.08 bits per heavy atom. The molecular weight excluding hydrogens is 486 g/mol. The van der Waals surface area contributed by atoms with Gasteiger partial charge in [0.25, 0.3) is 0 Å². The van der Waals surface area contributed by atoms with Gasteiger partial charge in [-0.3, -0.25) is 9.59 Å². The first-order chi connectivity index (χ1) is 18.6. The van der Waals surface area contributed by atoms with Crippen molar-refractivity contribution in [1.82, 2.24) is 25.2 Å². The van der Waals surface area contributed by atoms with Gasteiger partial charge in [0.15, 0.2) is 11.5 Å². The van der Waals surface area contributed by atoms with Crippen LogP contribution in [0.5, 0.6) is 11.5 Å². The van der Waals surface area contributed by atoms with Crippen LogP contribution in [0.4, 0.5) is 0 Å². The van der Waals surface area contributed by atoms with Crippen molar-refractivity contribution >= 4 is 22.8 Å². The zero-order chi connectivity index (χ0) is 26.5. The number of nitrogens with one attached hydrogen (secondary N) is 1. The fourth-order valence-corrected chi connectivity index (χ4v) is 5.54. The minimum Gasteiger partial charge on any atom is -0.493 e. The van der Waals surface area contributed by atoms with E-state index >= 15 is 0 Å².